The highest BCUT2D eigenvalue weighted by Gasteiger charge is 2.24. The molecular formula is C11H15N3O3S. The maximum absolute atomic E-state index is 11.7. The second-order valence-corrected chi connectivity index (χ2v) is 6.72. The van der Waals surface area contributed by atoms with E-state index in [2.05, 4.69) is 15.3 Å². The van der Waals surface area contributed by atoms with Crippen molar-refractivity contribution in [3.8, 4) is 0 Å². The summed E-state index contributed by atoms with van der Waals surface area (Å²) in [5.41, 5.74) is 0.749. The van der Waals surface area contributed by atoms with Crippen molar-refractivity contribution in [2.45, 2.75) is 25.3 Å². The summed E-state index contributed by atoms with van der Waals surface area (Å²) in [6.07, 6.45) is 5.83. The zero-order valence-electron chi connectivity index (χ0n) is 9.87. The largest absolute Gasteiger partial charge is 0.353 e. The van der Waals surface area contributed by atoms with E-state index in [-0.39, 0.29) is 29.9 Å². The fourth-order valence-electron chi connectivity index (χ4n) is 1.92. The van der Waals surface area contributed by atoms with Gasteiger partial charge in [-0.15, -0.1) is 0 Å². The highest BCUT2D eigenvalue weighted by Crippen LogP contribution is 2.12. The van der Waals surface area contributed by atoms with E-state index in [0.717, 1.165) is 5.56 Å². The van der Waals surface area contributed by atoms with Gasteiger partial charge in [-0.3, -0.25) is 4.79 Å². The average molecular weight is 269 g/mol. The molecule has 2 rings (SSSR count). The van der Waals surface area contributed by atoms with Crippen LogP contribution in [0.4, 0.5) is 0 Å². The van der Waals surface area contributed by atoms with Gasteiger partial charge in [0.05, 0.1) is 17.9 Å². The first kappa shape index (κ1) is 12.9. The number of sulfone groups is 1. The van der Waals surface area contributed by atoms with Gasteiger partial charge in [0, 0.05) is 18.4 Å². The number of nitrogens with zero attached hydrogens (tertiary/aromatic N) is 2. The fourth-order valence-corrected chi connectivity index (χ4v) is 3.41. The van der Waals surface area contributed by atoms with E-state index < -0.39 is 9.84 Å². The second kappa shape index (κ2) is 5.43. The first-order valence-corrected chi connectivity index (χ1v) is 7.61. The monoisotopic (exact) mass is 269 g/mol. The normalized spacial score (nSPS) is 19.3. The van der Waals surface area contributed by atoms with Gasteiger partial charge in [0.2, 0.25) is 5.91 Å². The molecule has 1 aromatic rings. The Labute approximate surface area is 106 Å². The highest BCUT2D eigenvalue weighted by atomic mass is 32.2. The Bertz CT molecular complexity index is 502. The molecule has 0 spiro atoms. The molecule has 98 valence electrons. The molecule has 6 nitrogen and oxygen atoms in total. The van der Waals surface area contributed by atoms with Gasteiger partial charge in [-0.1, -0.05) is 0 Å². The van der Waals surface area contributed by atoms with Gasteiger partial charge in [-0.2, -0.15) is 0 Å². The number of hydrogen-bond acceptors (Lipinski definition) is 5. The second-order valence-electron chi connectivity index (χ2n) is 4.42. The first-order chi connectivity index (χ1) is 8.55. The van der Waals surface area contributed by atoms with Gasteiger partial charge in [0.15, 0.2) is 0 Å². The number of carbonyl (C=O) groups excluding carboxylic acids is 1. The third-order valence-electron chi connectivity index (χ3n) is 2.90. The van der Waals surface area contributed by atoms with Crippen LogP contribution >= 0.6 is 0 Å². The van der Waals surface area contributed by atoms with E-state index in [1.54, 1.807) is 12.4 Å². The molecule has 0 atom stereocenters. The molecule has 1 aromatic heterocycles. The van der Waals surface area contributed by atoms with Gasteiger partial charge in [0.25, 0.3) is 0 Å². The minimum atomic E-state index is -2.88. The summed E-state index contributed by atoms with van der Waals surface area (Å²) in [5, 5.41) is 2.85. The molecule has 2 heterocycles. The van der Waals surface area contributed by atoms with Crippen molar-refractivity contribution in [1.82, 2.24) is 15.3 Å². The van der Waals surface area contributed by atoms with Crippen LogP contribution < -0.4 is 5.32 Å². The van der Waals surface area contributed by atoms with Crippen LogP contribution in [0.15, 0.2) is 18.7 Å². The number of hydrogen-bond donors (Lipinski definition) is 1. The van der Waals surface area contributed by atoms with Crippen LogP contribution in [0.2, 0.25) is 0 Å². The first-order valence-electron chi connectivity index (χ1n) is 5.79. The Balaban J connectivity index is 1.82. The molecule has 0 saturated carbocycles. The highest BCUT2D eigenvalue weighted by molar-refractivity contribution is 7.91. The predicted octanol–water partition coefficient (Wildman–Crippen LogP) is -0.287. The van der Waals surface area contributed by atoms with Crippen molar-refractivity contribution in [3.05, 3.63) is 24.3 Å². The molecule has 1 aliphatic heterocycles. The van der Waals surface area contributed by atoms with Gasteiger partial charge >= 0.3 is 0 Å². The van der Waals surface area contributed by atoms with Crippen LogP contribution in [0, 0.1) is 0 Å². The van der Waals surface area contributed by atoms with Crippen LogP contribution in [0.3, 0.4) is 0 Å². The minimum absolute atomic E-state index is 0.0364. The zero-order valence-corrected chi connectivity index (χ0v) is 10.7. The number of amides is 1. The Morgan fingerprint density at radius 2 is 1.89 bits per heavy atom. The van der Waals surface area contributed by atoms with Crippen LogP contribution in [0.1, 0.15) is 18.4 Å². The van der Waals surface area contributed by atoms with Crippen molar-refractivity contribution < 1.29 is 13.2 Å². The van der Waals surface area contributed by atoms with Crippen molar-refractivity contribution in [3.63, 3.8) is 0 Å². The Morgan fingerprint density at radius 3 is 2.50 bits per heavy atom. The molecule has 1 N–H and O–H groups in total. The molecule has 1 amide bonds. The summed E-state index contributed by atoms with van der Waals surface area (Å²) < 4.78 is 22.5. The lowest BCUT2D eigenvalue weighted by Crippen LogP contribution is -2.41. The summed E-state index contributed by atoms with van der Waals surface area (Å²) in [7, 11) is -2.88. The lowest BCUT2D eigenvalue weighted by Gasteiger charge is -2.22. The fraction of sp³-hybridized carbons (Fsp3) is 0.545. The summed E-state index contributed by atoms with van der Waals surface area (Å²) in [4.78, 5) is 19.4. The van der Waals surface area contributed by atoms with Crippen molar-refractivity contribution in [2.75, 3.05) is 11.5 Å². The quantitative estimate of drug-likeness (QED) is 0.814. The summed E-state index contributed by atoms with van der Waals surface area (Å²) in [5.74, 6) is 0.202. The maximum atomic E-state index is 11.7. The van der Waals surface area contributed by atoms with Gasteiger partial charge in [-0.05, 0) is 18.4 Å². The van der Waals surface area contributed by atoms with E-state index in [0.29, 0.717) is 12.8 Å². The molecule has 1 fully saturated rings. The molecule has 18 heavy (non-hydrogen) atoms. The number of rotatable bonds is 3. The molecule has 1 aliphatic rings. The van der Waals surface area contributed by atoms with Crippen molar-refractivity contribution in [2.24, 2.45) is 0 Å². The molecule has 1 saturated heterocycles. The molecule has 0 unspecified atom stereocenters. The topological polar surface area (TPSA) is 89.0 Å². The standard InChI is InChI=1S/C11H15N3O3S/c15-11(5-9-6-12-8-13-7-9)14-10-1-3-18(16,17)4-2-10/h6-8,10H,1-5H2,(H,14,15). The lowest BCUT2D eigenvalue weighted by atomic mass is 10.1. The van der Waals surface area contributed by atoms with Gasteiger partial charge in [-0.25, -0.2) is 18.4 Å². The summed E-state index contributed by atoms with van der Waals surface area (Å²) >= 11 is 0. The molecular weight excluding hydrogens is 254 g/mol. The molecule has 7 heteroatoms. The van der Waals surface area contributed by atoms with Crippen LogP contribution in [-0.4, -0.2) is 41.8 Å². The van der Waals surface area contributed by atoms with Crippen LogP contribution in [0.5, 0.6) is 0 Å². The van der Waals surface area contributed by atoms with E-state index >= 15 is 0 Å². The Hall–Kier alpha value is -1.50. The van der Waals surface area contributed by atoms with E-state index in [1.807, 2.05) is 0 Å². The van der Waals surface area contributed by atoms with Crippen molar-refractivity contribution in [1.29, 1.82) is 0 Å². The van der Waals surface area contributed by atoms with E-state index in [4.69, 9.17) is 0 Å². The van der Waals surface area contributed by atoms with E-state index in [9.17, 15) is 13.2 Å². The summed E-state index contributed by atoms with van der Waals surface area (Å²) in [6.45, 7) is 0. The molecule has 0 aromatic carbocycles. The third kappa shape index (κ3) is 3.76. The maximum Gasteiger partial charge on any atom is 0.224 e. The van der Waals surface area contributed by atoms with Gasteiger partial charge in [0.1, 0.15) is 16.2 Å². The zero-order chi connectivity index (χ0) is 13.0. The number of carbonyl (C=O) groups is 1. The van der Waals surface area contributed by atoms with Crippen LogP contribution in [0.25, 0.3) is 0 Å². The number of aromatic nitrogens is 2. The summed E-state index contributed by atoms with van der Waals surface area (Å²) in [6, 6.07) is -0.0364. The molecule has 0 bridgehead atoms. The van der Waals surface area contributed by atoms with Crippen molar-refractivity contribution >= 4 is 15.7 Å². The SMILES string of the molecule is O=C(Cc1cncnc1)NC1CCS(=O)(=O)CC1. The molecule has 0 radical (unpaired) electrons. The average Bonchev–Trinajstić information content (AvgIpc) is 2.33. The lowest BCUT2D eigenvalue weighted by molar-refractivity contribution is -0.121. The Morgan fingerprint density at radius 1 is 1.28 bits per heavy atom. The molecule has 0 aliphatic carbocycles. The third-order valence-corrected chi connectivity index (χ3v) is 4.61. The smallest absolute Gasteiger partial charge is 0.224 e. The minimum Gasteiger partial charge on any atom is -0.353 e. The van der Waals surface area contributed by atoms with E-state index in [1.165, 1.54) is 6.33 Å². The number of nitrogens with one attached hydrogen (secondary N) is 1. The van der Waals surface area contributed by atoms with Crippen LogP contribution in [-0.2, 0) is 21.1 Å². The predicted molar refractivity (Wildman–Crippen MR) is 65.6 cm³/mol. The Kier molecular flexibility index (Phi) is 3.90. The van der Waals surface area contributed by atoms with Gasteiger partial charge < -0.3 is 5.32 Å².